The molecule has 0 radical (unpaired) electrons. The molecule has 0 spiro atoms. The van der Waals surface area contributed by atoms with Crippen LogP contribution in [0.4, 0.5) is 0 Å². The van der Waals surface area contributed by atoms with Crippen molar-refractivity contribution in [2.24, 2.45) is 5.92 Å². The van der Waals surface area contributed by atoms with E-state index in [1.807, 2.05) is 6.08 Å². The van der Waals surface area contributed by atoms with Gasteiger partial charge < -0.3 is 10.1 Å². The molecule has 1 atom stereocenters. The Morgan fingerprint density at radius 3 is 3.13 bits per heavy atom. The van der Waals surface area contributed by atoms with E-state index in [9.17, 15) is 4.79 Å². The quantitative estimate of drug-likeness (QED) is 0.768. The van der Waals surface area contributed by atoms with Gasteiger partial charge in [-0.25, -0.2) is 0 Å². The maximum atomic E-state index is 11.8. The molecular weight excluding hydrogens is 190 g/mol. The summed E-state index contributed by atoms with van der Waals surface area (Å²) in [6, 6.07) is 0. The van der Waals surface area contributed by atoms with Crippen LogP contribution in [-0.4, -0.2) is 25.5 Å². The summed E-state index contributed by atoms with van der Waals surface area (Å²) in [5.74, 6) is 1.33. The van der Waals surface area contributed by atoms with Crippen LogP contribution in [0.3, 0.4) is 0 Å². The van der Waals surface area contributed by atoms with Gasteiger partial charge in [0.05, 0.1) is 6.61 Å². The maximum Gasteiger partial charge on any atom is 0.197 e. The Hall–Kier alpha value is -0.830. The summed E-state index contributed by atoms with van der Waals surface area (Å²) in [6.07, 6.45) is 7.00. The lowest BCUT2D eigenvalue weighted by atomic mass is 9.93. The molecule has 2 aliphatic heterocycles. The van der Waals surface area contributed by atoms with Crippen LogP contribution in [0.2, 0.25) is 0 Å². The van der Waals surface area contributed by atoms with Crippen LogP contribution in [-0.2, 0) is 9.53 Å². The van der Waals surface area contributed by atoms with Crippen molar-refractivity contribution < 1.29 is 9.53 Å². The minimum atomic E-state index is 0.198. The Balaban J connectivity index is 1.82. The Morgan fingerprint density at radius 2 is 2.47 bits per heavy atom. The van der Waals surface area contributed by atoms with Crippen molar-refractivity contribution >= 4 is 5.78 Å². The molecule has 0 saturated carbocycles. The van der Waals surface area contributed by atoms with Crippen molar-refractivity contribution in [2.45, 2.75) is 32.1 Å². The lowest BCUT2D eigenvalue weighted by Gasteiger charge is -2.23. The van der Waals surface area contributed by atoms with E-state index < -0.39 is 0 Å². The second kappa shape index (κ2) is 5.31. The van der Waals surface area contributed by atoms with Gasteiger partial charge in [0.25, 0.3) is 0 Å². The van der Waals surface area contributed by atoms with Crippen molar-refractivity contribution in [1.82, 2.24) is 5.32 Å². The van der Waals surface area contributed by atoms with Gasteiger partial charge >= 0.3 is 0 Å². The van der Waals surface area contributed by atoms with Crippen LogP contribution in [0.5, 0.6) is 0 Å². The maximum absolute atomic E-state index is 11.8. The number of ether oxygens (including phenoxy) is 1. The predicted octanol–water partition coefficient (Wildman–Crippen LogP) is 1.64. The molecule has 0 aromatic heterocycles. The van der Waals surface area contributed by atoms with Gasteiger partial charge in [-0.3, -0.25) is 4.79 Å². The van der Waals surface area contributed by atoms with E-state index in [1.165, 1.54) is 12.8 Å². The van der Waals surface area contributed by atoms with E-state index in [2.05, 4.69) is 5.32 Å². The first-order valence-corrected chi connectivity index (χ1v) is 5.93. The van der Waals surface area contributed by atoms with Gasteiger partial charge in [-0.05, 0) is 50.8 Å². The molecule has 84 valence electrons. The third kappa shape index (κ3) is 3.06. The highest BCUT2D eigenvalue weighted by molar-refractivity contribution is 5.93. The van der Waals surface area contributed by atoms with E-state index in [0.29, 0.717) is 24.7 Å². The van der Waals surface area contributed by atoms with Gasteiger partial charge in [0.2, 0.25) is 0 Å². The fourth-order valence-electron chi connectivity index (χ4n) is 2.21. The molecule has 2 aliphatic rings. The molecule has 1 unspecified atom stereocenters. The summed E-state index contributed by atoms with van der Waals surface area (Å²) in [4.78, 5) is 11.8. The Labute approximate surface area is 90.9 Å². The average Bonchev–Trinajstić information content (AvgIpc) is 2.31. The van der Waals surface area contributed by atoms with E-state index in [0.717, 1.165) is 25.9 Å². The number of carbonyl (C=O) groups is 1. The van der Waals surface area contributed by atoms with Crippen molar-refractivity contribution in [2.75, 3.05) is 19.7 Å². The Morgan fingerprint density at radius 1 is 1.53 bits per heavy atom. The van der Waals surface area contributed by atoms with Crippen molar-refractivity contribution in [3.8, 4) is 0 Å². The zero-order valence-corrected chi connectivity index (χ0v) is 9.13. The molecule has 0 amide bonds. The second-order valence-corrected chi connectivity index (χ2v) is 4.40. The summed E-state index contributed by atoms with van der Waals surface area (Å²) >= 11 is 0. The van der Waals surface area contributed by atoms with E-state index in [4.69, 9.17) is 4.74 Å². The Kier molecular flexibility index (Phi) is 3.78. The number of piperidine rings is 1. The number of nitrogens with one attached hydrogen (secondary N) is 1. The number of Topliss-reactive ketones (excluding diaryl/α,β-unsaturated/α-hetero) is 1. The zero-order valence-electron chi connectivity index (χ0n) is 9.13. The van der Waals surface area contributed by atoms with Gasteiger partial charge in [-0.2, -0.15) is 0 Å². The smallest absolute Gasteiger partial charge is 0.197 e. The lowest BCUT2D eigenvalue weighted by molar-refractivity contribution is -0.120. The fourth-order valence-corrected chi connectivity index (χ4v) is 2.21. The van der Waals surface area contributed by atoms with E-state index >= 15 is 0 Å². The molecule has 2 rings (SSSR count). The molecule has 0 aromatic rings. The molecule has 1 N–H and O–H groups in total. The summed E-state index contributed by atoms with van der Waals surface area (Å²) in [5.41, 5.74) is 0. The minimum absolute atomic E-state index is 0.198. The predicted molar refractivity (Wildman–Crippen MR) is 58.5 cm³/mol. The van der Waals surface area contributed by atoms with Gasteiger partial charge in [0.15, 0.2) is 11.5 Å². The number of rotatable bonds is 3. The van der Waals surface area contributed by atoms with Crippen LogP contribution in [0.25, 0.3) is 0 Å². The first-order valence-electron chi connectivity index (χ1n) is 5.93. The number of allylic oxidation sites excluding steroid dienone is 2. The third-order valence-electron chi connectivity index (χ3n) is 3.08. The Bertz CT molecular complexity index is 254. The molecule has 0 bridgehead atoms. The summed E-state index contributed by atoms with van der Waals surface area (Å²) in [7, 11) is 0. The molecular formula is C12H19NO2. The molecule has 0 aliphatic carbocycles. The summed E-state index contributed by atoms with van der Waals surface area (Å²) in [6.45, 7) is 2.80. The highest BCUT2D eigenvalue weighted by atomic mass is 16.5. The molecule has 0 aromatic carbocycles. The topological polar surface area (TPSA) is 38.3 Å². The van der Waals surface area contributed by atoms with Crippen molar-refractivity contribution in [3.63, 3.8) is 0 Å². The van der Waals surface area contributed by atoms with Crippen LogP contribution in [0.15, 0.2) is 11.8 Å². The molecule has 3 nitrogen and oxygen atoms in total. The van der Waals surface area contributed by atoms with Gasteiger partial charge in [-0.15, -0.1) is 0 Å². The second-order valence-electron chi connectivity index (χ2n) is 4.40. The van der Waals surface area contributed by atoms with E-state index in [-0.39, 0.29) is 5.78 Å². The zero-order chi connectivity index (χ0) is 10.5. The largest absolute Gasteiger partial charge is 0.490 e. The first kappa shape index (κ1) is 10.7. The molecule has 15 heavy (non-hydrogen) atoms. The lowest BCUT2D eigenvalue weighted by Crippen LogP contribution is -2.31. The number of hydrogen-bond donors (Lipinski definition) is 1. The van der Waals surface area contributed by atoms with Crippen LogP contribution < -0.4 is 5.32 Å². The standard InChI is InChI=1S/C12H19NO2/c14-11(12-5-1-2-7-15-12)8-10-4-3-6-13-9-10/h5,10,13H,1-4,6-9H2. The van der Waals surface area contributed by atoms with Gasteiger partial charge in [-0.1, -0.05) is 0 Å². The fraction of sp³-hybridized carbons (Fsp3) is 0.750. The molecule has 1 saturated heterocycles. The highest BCUT2D eigenvalue weighted by Crippen LogP contribution is 2.19. The van der Waals surface area contributed by atoms with Crippen molar-refractivity contribution in [3.05, 3.63) is 11.8 Å². The normalized spacial score (nSPS) is 26.7. The van der Waals surface area contributed by atoms with E-state index in [1.54, 1.807) is 0 Å². The molecule has 1 fully saturated rings. The number of ketones is 1. The van der Waals surface area contributed by atoms with Gasteiger partial charge in [0.1, 0.15) is 0 Å². The van der Waals surface area contributed by atoms with Crippen molar-refractivity contribution in [1.29, 1.82) is 0 Å². The SMILES string of the molecule is O=C(CC1CCCNC1)C1=CCCCO1. The summed E-state index contributed by atoms with van der Waals surface area (Å²) < 4.78 is 5.37. The van der Waals surface area contributed by atoms with Crippen LogP contribution in [0, 0.1) is 5.92 Å². The number of hydrogen-bond acceptors (Lipinski definition) is 3. The first-order chi connectivity index (χ1) is 7.36. The van der Waals surface area contributed by atoms with Crippen LogP contribution in [0.1, 0.15) is 32.1 Å². The summed E-state index contributed by atoms with van der Waals surface area (Å²) in [5, 5.41) is 3.33. The minimum Gasteiger partial charge on any atom is -0.490 e. The highest BCUT2D eigenvalue weighted by Gasteiger charge is 2.20. The monoisotopic (exact) mass is 209 g/mol. The number of carbonyl (C=O) groups excluding carboxylic acids is 1. The molecule has 2 heterocycles. The average molecular weight is 209 g/mol. The molecule has 3 heteroatoms. The van der Waals surface area contributed by atoms with Crippen LogP contribution >= 0.6 is 0 Å². The van der Waals surface area contributed by atoms with Gasteiger partial charge in [0, 0.05) is 6.42 Å². The third-order valence-corrected chi connectivity index (χ3v) is 3.08.